The van der Waals surface area contributed by atoms with Gasteiger partial charge in [-0.25, -0.2) is 0 Å². The number of para-hydroxylation sites is 1. The largest absolute Gasteiger partial charge is 0.461 e. The SMILES string of the molecule is [2H]C(CC(=O)OCc1ccccc1)(CN1CCN(c2ccccc2)CC1)N1CCCCC1. The molecule has 2 aromatic carbocycles. The van der Waals surface area contributed by atoms with Crippen molar-refractivity contribution in [1.29, 1.82) is 0 Å². The molecule has 0 spiro atoms. The fourth-order valence-corrected chi connectivity index (χ4v) is 4.49. The van der Waals surface area contributed by atoms with E-state index >= 15 is 0 Å². The average Bonchev–Trinajstić information content (AvgIpc) is 2.85. The van der Waals surface area contributed by atoms with Crippen LogP contribution in [-0.4, -0.2) is 67.6 Å². The van der Waals surface area contributed by atoms with E-state index in [9.17, 15) is 6.17 Å². The first kappa shape index (κ1) is 20.5. The molecule has 0 bridgehead atoms. The molecule has 0 radical (unpaired) electrons. The zero-order valence-corrected chi connectivity index (χ0v) is 18.4. The zero-order valence-electron chi connectivity index (χ0n) is 19.4. The Morgan fingerprint density at radius 1 is 0.871 bits per heavy atom. The standard InChI is InChI=1S/C26H35N3O2/c30-26(31-22-23-10-4-1-5-11-23)20-25(28-14-8-3-9-15-28)21-27-16-18-29(19-17-27)24-12-6-2-7-13-24/h1-2,4-7,10-13,25H,3,8-9,14-22H2/i25D. The molecular formula is C26H35N3O2. The van der Waals surface area contributed by atoms with Gasteiger partial charge in [-0.05, 0) is 43.6 Å². The van der Waals surface area contributed by atoms with Crippen LogP contribution in [0.4, 0.5) is 5.69 Å². The second-order valence-corrected chi connectivity index (χ2v) is 8.54. The van der Waals surface area contributed by atoms with Gasteiger partial charge in [0.1, 0.15) is 6.61 Å². The van der Waals surface area contributed by atoms with Gasteiger partial charge in [0.15, 0.2) is 0 Å². The van der Waals surface area contributed by atoms with Crippen LogP contribution < -0.4 is 4.90 Å². The molecule has 5 nitrogen and oxygen atoms in total. The first-order chi connectivity index (χ1) is 15.6. The highest BCUT2D eigenvalue weighted by Gasteiger charge is 2.27. The minimum atomic E-state index is -0.941. The van der Waals surface area contributed by atoms with Gasteiger partial charge in [-0.2, -0.15) is 0 Å². The molecule has 166 valence electrons. The fraction of sp³-hybridized carbons (Fsp3) is 0.500. The van der Waals surface area contributed by atoms with Crippen molar-refractivity contribution in [2.24, 2.45) is 0 Å². The summed E-state index contributed by atoms with van der Waals surface area (Å²) in [6, 6.07) is 19.3. The number of ether oxygens (including phenoxy) is 1. The van der Waals surface area contributed by atoms with Crippen LogP contribution in [0.3, 0.4) is 0 Å². The van der Waals surface area contributed by atoms with Gasteiger partial charge >= 0.3 is 5.97 Å². The maximum Gasteiger partial charge on any atom is 0.307 e. The molecule has 2 heterocycles. The van der Waals surface area contributed by atoms with Crippen molar-refractivity contribution in [2.75, 3.05) is 50.7 Å². The molecule has 0 aliphatic carbocycles. The van der Waals surface area contributed by atoms with E-state index in [1.807, 2.05) is 36.4 Å². The highest BCUT2D eigenvalue weighted by molar-refractivity contribution is 5.70. The molecule has 0 N–H and O–H groups in total. The molecule has 0 aromatic heterocycles. The molecule has 1 unspecified atom stereocenters. The molecular weight excluding hydrogens is 386 g/mol. The number of esters is 1. The second-order valence-electron chi connectivity index (χ2n) is 8.54. The molecule has 0 saturated carbocycles. The number of piperidine rings is 1. The molecule has 4 rings (SSSR count). The Balaban J connectivity index is 1.36. The van der Waals surface area contributed by atoms with Gasteiger partial charge in [0.2, 0.25) is 0 Å². The minimum Gasteiger partial charge on any atom is -0.461 e. The van der Waals surface area contributed by atoms with Gasteiger partial charge in [0.05, 0.1) is 6.42 Å². The highest BCUT2D eigenvalue weighted by atomic mass is 16.5. The molecule has 2 aromatic rings. The van der Waals surface area contributed by atoms with Gasteiger partial charge in [-0.15, -0.1) is 0 Å². The highest BCUT2D eigenvalue weighted by Crippen LogP contribution is 2.19. The number of hydrogen-bond acceptors (Lipinski definition) is 5. The van der Waals surface area contributed by atoms with Crippen molar-refractivity contribution in [1.82, 2.24) is 9.80 Å². The maximum absolute atomic E-state index is 12.8. The molecule has 1 atom stereocenters. The Bertz CT molecular complexity index is 837. The lowest BCUT2D eigenvalue weighted by Crippen LogP contribution is -2.53. The quantitative estimate of drug-likeness (QED) is 0.605. The van der Waals surface area contributed by atoms with E-state index in [1.54, 1.807) is 0 Å². The first-order valence-electron chi connectivity index (χ1n) is 12.1. The number of carbonyl (C=O) groups excluding carboxylic acids is 1. The Morgan fingerprint density at radius 2 is 1.52 bits per heavy atom. The van der Waals surface area contributed by atoms with Crippen molar-refractivity contribution >= 4 is 11.7 Å². The van der Waals surface area contributed by atoms with E-state index in [2.05, 4.69) is 39.0 Å². The summed E-state index contributed by atoms with van der Waals surface area (Å²) < 4.78 is 14.9. The van der Waals surface area contributed by atoms with Crippen molar-refractivity contribution in [3.05, 3.63) is 66.2 Å². The number of carbonyl (C=O) groups is 1. The Kier molecular flexibility index (Phi) is 7.49. The summed E-state index contributed by atoms with van der Waals surface area (Å²) in [4.78, 5) is 19.7. The third-order valence-corrected chi connectivity index (χ3v) is 6.29. The monoisotopic (exact) mass is 422 g/mol. The minimum absolute atomic E-state index is 0.110. The van der Waals surface area contributed by atoms with E-state index in [0.29, 0.717) is 6.54 Å². The zero-order chi connectivity index (χ0) is 22.2. The number of anilines is 1. The van der Waals surface area contributed by atoms with Crippen LogP contribution in [0, 0.1) is 0 Å². The van der Waals surface area contributed by atoms with Gasteiger partial charge < -0.3 is 9.64 Å². The van der Waals surface area contributed by atoms with Crippen LogP contribution >= 0.6 is 0 Å². The number of hydrogen-bond donors (Lipinski definition) is 0. The number of benzene rings is 2. The summed E-state index contributed by atoms with van der Waals surface area (Å²) >= 11 is 0. The fourth-order valence-electron chi connectivity index (χ4n) is 4.49. The molecule has 31 heavy (non-hydrogen) atoms. The average molecular weight is 423 g/mol. The van der Waals surface area contributed by atoms with Gasteiger partial charge in [-0.1, -0.05) is 55.0 Å². The predicted octanol–water partition coefficient (Wildman–Crippen LogP) is 3.80. The maximum atomic E-state index is 12.8. The van der Waals surface area contributed by atoms with Crippen molar-refractivity contribution in [3.63, 3.8) is 0 Å². The molecule has 2 fully saturated rings. The van der Waals surface area contributed by atoms with Crippen LogP contribution in [0.5, 0.6) is 0 Å². The van der Waals surface area contributed by atoms with E-state index < -0.39 is 6.02 Å². The normalized spacial score (nSPS) is 20.6. The number of rotatable bonds is 8. The summed E-state index contributed by atoms with van der Waals surface area (Å²) in [5.74, 6) is -0.280. The smallest absolute Gasteiger partial charge is 0.307 e. The Labute approximate surface area is 188 Å². The van der Waals surface area contributed by atoms with E-state index in [-0.39, 0.29) is 19.0 Å². The van der Waals surface area contributed by atoms with Crippen molar-refractivity contribution in [2.45, 2.75) is 38.3 Å². The van der Waals surface area contributed by atoms with Crippen LogP contribution in [0.2, 0.25) is 0 Å². The summed E-state index contributed by atoms with van der Waals surface area (Å²) in [5.41, 5.74) is 2.23. The molecule has 2 aliphatic rings. The van der Waals surface area contributed by atoms with Crippen LogP contribution in [0.15, 0.2) is 60.7 Å². The predicted molar refractivity (Wildman–Crippen MR) is 125 cm³/mol. The Morgan fingerprint density at radius 3 is 2.19 bits per heavy atom. The number of nitrogens with zero attached hydrogens (tertiary/aromatic N) is 3. The summed E-state index contributed by atoms with van der Waals surface area (Å²) in [5, 5.41) is 0. The van der Waals surface area contributed by atoms with Gasteiger partial charge in [0.25, 0.3) is 0 Å². The number of piperazine rings is 1. The number of likely N-dealkylation sites (tertiary alicyclic amines) is 1. The van der Waals surface area contributed by atoms with Crippen LogP contribution in [0.25, 0.3) is 0 Å². The van der Waals surface area contributed by atoms with Gasteiger partial charge in [0, 0.05) is 45.8 Å². The second kappa shape index (κ2) is 11.3. The summed E-state index contributed by atoms with van der Waals surface area (Å²) in [6.07, 6.45) is 3.52. The lowest BCUT2D eigenvalue weighted by atomic mass is 10.0. The molecule has 5 heteroatoms. The third-order valence-electron chi connectivity index (χ3n) is 6.29. The third kappa shape index (κ3) is 6.55. The first-order valence-corrected chi connectivity index (χ1v) is 11.6. The van der Waals surface area contributed by atoms with Crippen LogP contribution in [-0.2, 0) is 16.1 Å². The lowest BCUT2D eigenvalue weighted by molar-refractivity contribution is -0.146. The topological polar surface area (TPSA) is 36.0 Å². The van der Waals surface area contributed by atoms with E-state index in [1.165, 1.54) is 12.1 Å². The van der Waals surface area contributed by atoms with Crippen LogP contribution in [0.1, 0.15) is 32.6 Å². The molecule has 2 saturated heterocycles. The molecule has 0 amide bonds. The van der Waals surface area contributed by atoms with E-state index in [4.69, 9.17) is 4.74 Å². The lowest BCUT2D eigenvalue weighted by Gasteiger charge is -2.41. The van der Waals surface area contributed by atoms with E-state index in [0.717, 1.165) is 57.7 Å². The van der Waals surface area contributed by atoms with Crippen molar-refractivity contribution in [3.8, 4) is 0 Å². The van der Waals surface area contributed by atoms with Crippen molar-refractivity contribution < 1.29 is 10.9 Å². The summed E-state index contributed by atoms with van der Waals surface area (Å²) in [6.45, 7) is 6.32. The summed E-state index contributed by atoms with van der Waals surface area (Å²) in [7, 11) is 0. The Hall–Kier alpha value is -2.37. The van der Waals surface area contributed by atoms with Gasteiger partial charge in [-0.3, -0.25) is 14.6 Å². The molecule has 2 aliphatic heterocycles.